The van der Waals surface area contributed by atoms with E-state index in [4.69, 9.17) is 0 Å². The molecule has 0 amide bonds. The van der Waals surface area contributed by atoms with E-state index >= 15 is 0 Å². The molecule has 0 fully saturated rings. The fourth-order valence-corrected chi connectivity index (χ4v) is 8.39. The molecule has 0 N–H and O–H groups in total. The van der Waals surface area contributed by atoms with Gasteiger partial charge in [0, 0.05) is 34.5 Å². The van der Waals surface area contributed by atoms with Crippen molar-refractivity contribution in [2.75, 3.05) is 0 Å². The first-order chi connectivity index (χ1) is 35.9. The minimum atomic E-state index is -6.13. The molecule has 7 rings (SSSR count). The highest BCUT2D eigenvalue weighted by molar-refractivity contribution is 7.20. The van der Waals surface area contributed by atoms with Crippen LogP contribution in [-0.4, -0.2) is 16.9 Å². The van der Waals surface area contributed by atoms with Crippen molar-refractivity contribution < 1.29 is 120 Å². The number of pyridine rings is 1. The number of aromatic nitrogens is 1. The summed E-state index contributed by atoms with van der Waals surface area (Å²) in [6.07, 6.45) is -51.2. The number of alkyl halides is 24. The van der Waals surface area contributed by atoms with Crippen molar-refractivity contribution in [3.63, 3.8) is 0 Å². The van der Waals surface area contributed by atoms with Gasteiger partial charge in [-0.1, -0.05) is 78.9 Å². The largest absolute Gasteiger partial charge is 0.416 e. The maximum absolute atomic E-state index is 14.2. The van der Waals surface area contributed by atoms with Gasteiger partial charge in [0.1, 0.15) is 6.15 Å². The Labute approximate surface area is 425 Å². The number of benzene rings is 6. The zero-order valence-corrected chi connectivity index (χ0v) is 38.3. The molecule has 0 unspecified atom stereocenters. The highest BCUT2D eigenvalue weighted by Crippen LogP contribution is 2.41. The van der Waals surface area contributed by atoms with Crippen molar-refractivity contribution in [1.82, 2.24) is 0 Å². The van der Waals surface area contributed by atoms with Crippen molar-refractivity contribution in [1.29, 1.82) is 0 Å². The highest BCUT2D eigenvalue weighted by Gasteiger charge is 2.47. The van der Waals surface area contributed by atoms with E-state index in [0.29, 0.717) is 5.56 Å². The van der Waals surface area contributed by atoms with Gasteiger partial charge in [0.25, 0.3) is 5.69 Å². The van der Waals surface area contributed by atoms with Crippen LogP contribution in [0.25, 0.3) is 10.8 Å². The summed E-state index contributed by atoms with van der Waals surface area (Å²) in [6.45, 7) is 0.233. The molecule has 7 aromatic rings. The molecule has 420 valence electrons. The van der Waals surface area contributed by atoms with Crippen LogP contribution in [0.3, 0.4) is 0 Å². The molecule has 6 aromatic carbocycles. The zero-order chi connectivity index (χ0) is 59.4. The SMILES string of the molecule is FC(F)(F)c1cc([B-](c2cc(C(F)(F)F)cc(C(F)(F)F)c2)(c2cc(C(F)(F)F)cc(C(F)(F)F)c2)c2cc(C(F)(F)F)cc(C(F)(F)F)c2)cc(C(F)(F)F)c1.O=C(C[n+]1ccc2cc([N+](=O)[O-])ccc2c1)c1ccccc1. The number of hydrogen-bond donors (Lipinski definition) is 0. The van der Waals surface area contributed by atoms with E-state index in [2.05, 4.69) is 0 Å². The lowest BCUT2D eigenvalue weighted by atomic mass is 9.12. The normalized spacial score (nSPS) is 13.3. The maximum Gasteiger partial charge on any atom is 0.416 e. The Kier molecular flexibility index (Phi) is 15.9. The molecule has 1 aromatic heterocycles. The predicted molar refractivity (Wildman–Crippen MR) is 232 cm³/mol. The predicted octanol–water partition coefficient (Wildman–Crippen LogP) is 14.1. The fourth-order valence-electron chi connectivity index (χ4n) is 8.39. The Bertz CT molecular complexity index is 2990. The fraction of sp³-hybridized carbons (Fsp3) is 0.184. The van der Waals surface area contributed by atoms with Crippen LogP contribution in [0.5, 0.6) is 0 Å². The number of rotatable bonds is 8. The standard InChI is InChI=1S/C32H12BF24.C17H13N2O3/c34-25(35,36)13-1-14(26(37,38)39)6-21(5-13)33(22-7-15(27(40,41)42)2-16(8-22)28(43,44)45,23-9-17(29(46,47)48)3-18(10-23)30(49,50)51)24-11-19(31(52,53)54)4-20(12-24)32(55,56)57;20-17(13-4-2-1-3-5-13)12-18-9-8-14-10-16(19(21)22)7-6-15(14)11-18/h1-12H;1-11H,12H2/q-1;+1. The molecular weight excluding hydrogens is 1130 g/mol. The van der Waals surface area contributed by atoms with Gasteiger partial charge >= 0.3 is 49.4 Å². The van der Waals surface area contributed by atoms with Gasteiger partial charge in [-0.05, 0) is 30.3 Å². The minimum absolute atomic E-state index is 0.0202. The third-order valence-electron chi connectivity index (χ3n) is 11.9. The molecule has 0 radical (unpaired) electrons. The van der Waals surface area contributed by atoms with Crippen molar-refractivity contribution in [3.05, 3.63) is 200 Å². The Morgan fingerprint density at radius 3 is 0.949 bits per heavy atom. The van der Waals surface area contributed by atoms with E-state index in [1.165, 1.54) is 12.1 Å². The summed E-state index contributed by atoms with van der Waals surface area (Å²) < 4.78 is 343. The molecule has 0 aliphatic carbocycles. The van der Waals surface area contributed by atoms with Gasteiger partial charge in [0.05, 0.1) is 49.4 Å². The van der Waals surface area contributed by atoms with Gasteiger partial charge in [0.15, 0.2) is 12.4 Å². The Hall–Kier alpha value is -7.82. The van der Waals surface area contributed by atoms with E-state index in [9.17, 15) is 120 Å². The lowest BCUT2D eigenvalue weighted by Gasteiger charge is -2.46. The lowest BCUT2D eigenvalue weighted by molar-refractivity contribution is -0.681. The number of fused-ring (bicyclic) bond motifs is 1. The van der Waals surface area contributed by atoms with Gasteiger partial charge in [-0.3, -0.25) is 14.9 Å². The molecule has 0 saturated heterocycles. The van der Waals surface area contributed by atoms with Crippen molar-refractivity contribution in [2.24, 2.45) is 0 Å². The van der Waals surface area contributed by atoms with Crippen LogP contribution in [0.1, 0.15) is 54.9 Å². The second kappa shape index (κ2) is 20.8. The number of halogens is 24. The number of non-ortho nitro benzene ring substituents is 1. The van der Waals surface area contributed by atoms with Gasteiger partial charge in [-0.25, -0.2) is 0 Å². The number of ketones is 1. The third-order valence-corrected chi connectivity index (χ3v) is 11.9. The molecule has 0 atom stereocenters. The first kappa shape index (κ1) is 60.4. The zero-order valence-electron chi connectivity index (χ0n) is 38.3. The lowest BCUT2D eigenvalue weighted by Crippen LogP contribution is -2.75. The molecular formula is C49H25BF24N2O3. The number of nitro benzene ring substituents is 1. The van der Waals surface area contributed by atoms with Crippen molar-refractivity contribution in [2.45, 2.75) is 56.0 Å². The van der Waals surface area contributed by atoms with Crippen LogP contribution in [0, 0.1) is 10.1 Å². The van der Waals surface area contributed by atoms with Gasteiger partial charge in [0.2, 0.25) is 12.3 Å². The minimum Gasteiger partial charge on any atom is -0.287 e. The monoisotopic (exact) mass is 1160 g/mol. The van der Waals surface area contributed by atoms with Crippen LogP contribution in [0.15, 0.2) is 140 Å². The molecule has 0 bridgehead atoms. The Morgan fingerprint density at radius 1 is 0.392 bits per heavy atom. The summed E-state index contributed by atoms with van der Waals surface area (Å²) in [5.41, 5.74) is -29.5. The van der Waals surface area contributed by atoms with Crippen molar-refractivity contribution >= 4 is 50.2 Å². The average molecular weight is 1160 g/mol. The second-order valence-corrected chi connectivity index (χ2v) is 17.2. The number of carbonyl (C=O) groups is 1. The quantitative estimate of drug-likeness (QED) is 0.0380. The summed E-state index contributed by atoms with van der Waals surface area (Å²) in [5, 5.41) is 12.4. The van der Waals surface area contributed by atoms with Crippen LogP contribution in [0.4, 0.5) is 111 Å². The number of hydrogen-bond acceptors (Lipinski definition) is 3. The highest BCUT2D eigenvalue weighted by atomic mass is 19.4. The molecule has 79 heavy (non-hydrogen) atoms. The molecule has 0 aliphatic heterocycles. The van der Waals surface area contributed by atoms with Gasteiger partial charge in [-0.15, -0.1) is 0 Å². The van der Waals surface area contributed by atoms with Gasteiger partial charge in [-0.2, -0.15) is 132 Å². The molecule has 30 heteroatoms. The van der Waals surface area contributed by atoms with Gasteiger partial charge < -0.3 is 0 Å². The topological polar surface area (TPSA) is 64.1 Å². The molecule has 1 heterocycles. The average Bonchev–Trinajstić information content (AvgIpc) is 3.53. The van der Waals surface area contributed by atoms with Crippen LogP contribution in [-0.2, 0) is 56.0 Å². The maximum atomic E-state index is 14.2. The van der Waals surface area contributed by atoms with E-state index in [1.807, 2.05) is 24.4 Å². The van der Waals surface area contributed by atoms with Crippen LogP contribution in [0.2, 0.25) is 0 Å². The van der Waals surface area contributed by atoms with Crippen LogP contribution < -0.4 is 26.4 Å². The van der Waals surface area contributed by atoms with E-state index < -0.39 is 200 Å². The smallest absolute Gasteiger partial charge is 0.287 e. The molecule has 0 aliphatic rings. The first-order valence-electron chi connectivity index (χ1n) is 21.4. The van der Waals surface area contributed by atoms with E-state index in [1.54, 1.807) is 35.0 Å². The second-order valence-electron chi connectivity index (χ2n) is 17.2. The number of Topliss-reactive ketones (excluding diaryl/α,β-unsaturated/α-hetero) is 1. The number of nitro groups is 1. The summed E-state index contributed by atoms with van der Waals surface area (Å²) in [6, 6.07) is 6.75. The number of nitrogens with zero attached hydrogens (tertiary/aromatic N) is 2. The van der Waals surface area contributed by atoms with Crippen molar-refractivity contribution in [3.8, 4) is 0 Å². The Morgan fingerprint density at radius 2 is 0.684 bits per heavy atom. The molecule has 0 saturated carbocycles. The van der Waals surface area contributed by atoms with E-state index in [-0.39, 0.29) is 18.0 Å². The van der Waals surface area contributed by atoms with E-state index in [0.717, 1.165) is 10.8 Å². The third kappa shape index (κ3) is 13.7. The first-order valence-corrected chi connectivity index (χ1v) is 21.4. The summed E-state index contributed by atoms with van der Waals surface area (Å²) in [5.74, 6) is 0.0202. The molecule has 0 spiro atoms. The molecule has 5 nitrogen and oxygen atoms in total. The summed E-state index contributed by atoms with van der Waals surface area (Å²) in [4.78, 5) is 22.5. The summed E-state index contributed by atoms with van der Waals surface area (Å²) >= 11 is 0. The number of carbonyl (C=O) groups excluding carboxylic acids is 1. The van der Waals surface area contributed by atoms with Crippen LogP contribution >= 0.6 is 0 Å². The summed E-state index contributed by atoms with van der Waals surface area (Å²) in [7, 11) is 0. The Balaban J connectivity index is 0.000000378.